The Balaban J connectivity index is 1.54. The first kappa shape index (κ1) is 21.8. The highest BCUT2D eigenvalue weighted by Gasteiger charge is 2.21. The molecular weight excluding hydrogens is 408 g/mol. The zero-order valence-electron chi connectivity index (χ0n) is 17.9. The molecule has 0 amide bonds. The van der Waals surface area contributed by atoms with Crippen LogP contribution in [-0.4, -0.2) is 33.8 Å². The fraction of sp³-hybridized carbons (Fsp3) is 0.400. The normalized spacial score (nSPS) is 16.1. The van der Waals surface area contributed by atoms with Gasteiger partial charge in [0, 0.05) is 12.2 Å². The topological polar surface area (TPSA) is 61.2 Å². The lowest BCUT2D eigenvalue weighted by molar-refractivity contribution is 0.0937. The minimum atomic E-state index is -0.0728. The summed E-state index contributed by atoms with van der Waals surface area (Å²) >= 11 is 1.33. The molecule has 0 aliphatic carbocycles. The molecule has 0 N–H and O–H groups in total. The lowest BCUT2D eigenvalue weighted by Gasteiger charge is -2.16. The SMILES string of the molecule is CCCCc1ccc(C(=O)CSc2nc3ccccc3c(=O)n2CC2CCCO2)cc1. The second-order valence-corrected chi connectivity index (χ2v) is 8.92. The molecule has 1 saturated heterocycles. The molecule has 3 aromatic rings. The summed E-state index contributed by atoms with van der Waals surface area (Å²) < 4.78 is 7.43. The Bertz CT molecular complexity index is 1100. The van der Waals surface area contributed by atoms with Crippen LogP contribution < -0.4 is 5.56 Å². The first-order chi connectivity index (χ1) is 15.2. The van der Waals surface area contributed by atoms with E-state index in [2.05, 4.69) is 6.92 Å². The molecule has 2 heterocycles. The number of nitrogens with zero attached hydrogens (tertiary/aromatic N) is 2. The average Bonchev–Trinajstić information content (AvgIpc) is 3.32. The molecule has 1 aromatic heterocycles. The van der Waals surface area contributed by atoms with Crippen molar-refractivity contribution in [1.82, 2.24) is 9.55 Å². The van der Waals surface area contributed by atoms with Crippen LogP contribution in [0, 0.1) is 0 Å². The number of ketones is 1. The predicted molar refractivity (Wildman–Crippen MR) is 125 cm³/mol. The Morgan fingerprint density at radius 3 is 2.74 bits per heavy atom. The highest BCUT2D eigenvalue weighted by molar-refractivity contribution is 7.99. The third-order valence-corrected chi connectivity index (χ3v) is 6.64. The lowest BCUT2D eigenvalue weighted by Crippen LogP contribution is -2.29. The van der Waals surface area contributed by atoms with Crippen LogP contribution >= 0.6 is 11.8 Å². The molecule has 31 heavy (non-hydrogen) atoms. The van der Waals surface area contributed by atoms with Crippen molar-refractivity contribution in [2.24, 2.45) is 0 Å². The maximum absolute atomic E-state index is 13.1. The standard InChI is InChI=1S/C25H28N2O3S/c1-2-3-7-18-11-13-19(14-12-18)23(28)17-31-25-26-22-10-5-4-9-21(22)24(29)27(25)16-20-8-6-15-30-20/h4-5,9-14,20H,2-3,6-8,15-17H2,1H3. The highest BCUT2D eigenvalue weighted by atomic mass is 32.2. The number of fused-ring (bicyclic) bond motifs is 1. The molecular formula is C25H28N2O3S. The first-order valence-electron chi connectivity index (χ1n) is 11.0. The van der Waals surface area contributed by atoms with Crippen molar-refractivity contribution in [2.75, 3.05) is 12.4 Å². The van der Waals surface area contributed by atoms with Crippen LogP contribution in [-0.2, 0) is 17.7 Å². The molecule has 2 aromatic carbocycles. The van der Waals surface area contributed by atoms with Gasteiger partial charge in [-0.2, -0.15) is 0 Å². The van der Waals surface area contributed by atoms with Crippen LogP contribution in [0.15, 0.2) is 58.5 Å². The van der Waals surface area contributed by atoms with Crippen molar-refractivity contribution < 1.29 is 9.53 Å². The van der Waals surface area contributed by atoms with Crippen LogP contribution in [0.25, 0.3) is 10.9 Å². The largest absolute Gasteiger partial charge is 0.376 e. The third-order valence-electron chi connectivity index (χ3n) is 5.66. The monoisotopic (exact) mass is 436 g/mol. The summed E-state index contributed by atoms with van der Waals surface area (Å²) in [4.78, 5) is 30.6. The molecule has 5 nitrogen and oxygen atoms in total. The van der Waals surface area contributed by atoms with E-state index >= 15 is 0 Å². The van der Waals surface area contributed by atoms with E-state index in [0.29, 0.717) is 28.2 Å². The minimum absolute atomic E-state index is 0.0198. The van der Waals surface area contributed by atoms with Gasteiger partial charge in [0.15, 0.2) is 10.9 Å². The van der Waals surface area contributed by atoms with Crippen LogP contribution in [0.5, 0.6) is 0 Å². The van der Waals surface area contributed by atoms with Gasteiger partial charge in [0.25, 0.3) is 5.56 Å². The number of ether oxygens (including phenoxy) is 1. The Morgan fingerprint density at radius 2 is 2.00 bits per heavy atom. The van der Waals surface area contributed by atoms with Gasteiger partial charge in [-0.15, -0.1) is 0 Å². The molecule has 6 heteroatoms. The molecule has 4 rings (SSSR count). The number of thioether (sulfide) groups is 1. The molecule has 0 bridgehead atoms. The summed E-state index contributed by atoms with van der Waals surface area (Å²) in [6.45, 7) is 3.38. The van der Waals surface area contributed by atoms with Gasteiger partial charge in [0.2, 0.25) is 0 Å². The number of rotatable bonds is 9. The minimum Gasteiger partial charge on any atom is -0.376 e. The lowest BCUT2D eigenvalue weighted by atomic mass is 10.1. The van der Waals surface area contributed by atoms with Crippen molar-refractivity contribution in [3.8, 4) is 0 Å². The fourth-order valence-electron chi connectivity index (χ4n) is 3.86. The number of aromatic nitrogens is 2. The predicted octanol–water partition coefficient (Wildman–Crippen LogP) is 4.89. The quantitative estimate of drug-likeness (QED) is 0.271. The maximum Gasteiger partial charge on any atom is 0.262 e. The number of Topliss-reactive ketones (excluding diaryl/α,β-unsaturated/α-hetero) is 1. The fourth-order valence-corrected chi connectivity index (χ4v) is 4.77. The number of para-hydroxylation sites is 1. The maximum atomic E-state index is 13.1. The van der Waals surface area contributed by atoms with E-state index in [-0.39, 0.29) is 23.2 Å². The van der Waals surface area contributed by atoms with Crippen LogP contribution in [0.4, 0.5) is 0 Å². The zero-order chi connectivity index (χ0) is 21.6. The number of hydrogen-bond acceptors (Lipinski definition) is 5. The number of carbonyl (C=O) groups is 1. The van der Waals surface area contributed by atoms with E-state index in [4.69, 9.17) is 9.72 Å². The van der Waals surface area contributed by atoms with Crippen molar-refractivity contribution in [3.63, 3.8) is 0 Å². The number of carbonyl (C=O) groups excluding carboxylic acids is 1. The Morgan fingerprint density at radius 1 is 1.19 bits per heavy atom. The summed E-state index contributed by atoms with van der Waals surface area (Å²) in [6, 6.07) is 15.2. The van der Waals surface area contributed by atoms with E-state index < -0.39 is 0 Å². The Labute approximate surface area is 186 Å². The van der Waals surface area contributed by atoms with Gasteiger partial charge < -0.3 is 4.74 Å². The summed E-state index contributed by atoms with van der Waals surface area (Å²) in [7, 11) is 0. The van der Waals surface area contributed by atoms with Gasteiger partial charge in [0.1, 0.15) is 0 Å². The summed E-state index contributed by atoms with van der Waals surface area (Å²) in [5.74, 6) is 0.281. The first-order valence-corrected chi connectivity index (χ1v) is 12.0. The Kier molecular flexibility index (Phi) is 7.20. The van der Waals surface area contributed by atoms with Crippen LogP contribution in [0.1, 0.15) is 48.5 Å². The van der Waals surface area contributed by atoms with E-state index in [0.717, 1.165) is 38.7 Å². The van der Waals surface area contributed by atoms with Gasteiger partial charge in [0.05, 0.1) is 29.3 Å². The second kappa shape index (κ2) is 10.2. The van der Waals surface area contributed by atoms with E-state index in [1.165, 1.54) is 17.3 Å². The molecule has 0 radical (unpaired) electrons. The van der Waals surface area contributed by atoms with Crippen LogP contribution in [0.3, 0.4) is 0 Å². The smallest absolute Gasteiger partial charge is 0.262 e. The van der Waals surface area contributed by atoms with Crippen molar-refractivity contribution in [2.45, 2.75) is 56.8 Å². The van der Waals surface area contributed by atoms with Gasteiger partial charge in [-0.05, 0) is 43.4 Å². The van der Waals surface area contributed by atoms with Gasteiger partial charge in [-0.3, -0.25) is 14.2 Å². The Hall–Kier alpha value is -2.44. The van der Waals surface area contributed by atoms with E-state index in [9.17, 15) is 9.59 Å². The van der Waals surface area contributed by atoms with Crippen molar-refractivity contribution in [3.05, 3.63) is 70.0 Å². The van der Waals surface area contributed by atoms with Crippen LogP contribution in [0.2, 0.25) is 0 Å². The molecule has 1 fully saturated rings. The summed E-state index contributed by atoms with van der Waals surface area (Å²) in [5.41, 5.74) is 2.54. The third kappa shape index (κ3) is 5.25. The highest BCUT2D eigenvalue weighted by Crippen LogP contribution is 2.22. The molecule has 1 unspecified atom stereocenters. The molecule has 1 atom stereocenters. The zero-order valence-corrected chi connectivity index (χ0v) is 18.7. The van der Waals surface area contributed by atoms with Crippen molar-refractivity contribution in [1.29, 1.82) is 0 Å². The number of aryl methyl sites for hydroxylation is 1. The molecule has 0 saturated carbocycles. The average molecular weight is 437 g/mol. The molecule has 162 valence electrons. The number of benzene rings is 2. The molecule has 0 spiro atoms. The summed E-state index contributed by atoms with van der Waals surface area (Å²) in [5, 5.41) is 1.17. The second-order valence-electron chi connectivity index (χ2n) is 7.97. The van der Waals surface area contributed by atoms with Gasteiger partial charge in [-0.25, -0.2) is 4.98 Å². The van der Waals surface area contributed by atoms with E-state index in [1.807, 2.05) is 42.5 Å². The van der Waals surface area contributed by atoms with Crippen molar-refractivity contribution >= 4 is 28.4 Å². The van der Waals surface area contributed by atoms with E-state index in [1.54, 1.807) is 10.6 Å². The van der Waals surface area contributed by atoms with Gasteiger partial charge >= 0.3 is 0 Å². The number of hydrogen-bond donors (Lipinski definition) is 0. The summed E-state index contributed by atoms with van der Waals surface area (Å²) in [6.07, 6.45) is 5.31. The van der Waals surface area contributed by atoms with Gasteiger partial charge in [-0.1, -0.05) is 61.5 Å². The number of unbranched alkanes of at least 4 members (excludes halogenated alkanes) is 1. The molecule has 1 aliphatic heterocycles. The molecule has 1 aliphatic rings.